The highest BCUT2D eigenvalue weighted by Crippen LogP contribution is 2.39. The Kier molecular flexibility index (Phi) is 3.74. The second-order valence-corrected chi connectivity index (χ2v) is 4.58. The Bertz CT molecular complexity index is 147. The molecule has 0 bridgehead atoms. The van der Waals surface area contributed by atoms with Crippen molar-refractivity contribution in [2.75, 3.05) is 14.2 Å². The summed E-state index contributed by atoms with van der Waals surface area (Å²) in [7, 11) is 3.90. The minimum absolute atomic E-state index is 0.206. The number of hydrogen-bond acceptors (Lipinski definition) is 2. The molecule has 2 heteroatoms. The van der Waals surface area contributed by atoms with E-state index in [0.29, 0.717) is 12.0 Å². The van der Waals surface area contributed by atoms with E-state index in [-0.39, 0.29) is 5.60 Å². The summed E-state index contributed by atoms with van der Waals surface area (Å²) in [4.78, 5) is 0. The zero-order valence-corrected chi connectivity index (χ0v) is 9.39. The van der Waals surface area contributed by atoms with Crippen LogP contribution in [-0.2, 0) is 4.74 Å². The largest absolute Gasteiger partial charge is 0.378 e. The van der Waals surface area contributed by atoms with E-state index < -0.39 is 0 Å². The fourth-order valence-corrected chi connectivity index (χ4v) is 2.13. The van der Waals surface area contributed by atoms with E-state index in [1.165, 1.54) is 19.3 Å². The molecule has 0 saturated heterocycles. The average molecular weight is 185 g/mol. The summed E-state index contributed by atoms with van der Waals surface area (Å²) >= 11 is 0. The van der Waals surface area contributed by atoms with Gasteiger partial charge in [-0.25, -0.2) is 0 Å². The second kappa shape index (κ2) is 4.43. The van der Waals surface area contributed by atoms with Gasteiger partial charge in [0.1, 0.15) is 0 Å². The molecule has 0 aromatic heterocycles. The fraction of sp³-hybridized carbons (Fsp3) is 1.00. The molecule has 0 aromatic carbocycles. The fourth-order valence-electron chi connectivity index (χ4n) is 2.13. The van der Waals surface area contributed by atoms with Crippen LogP contribution in [0.15, 0.2) is 0 Å². The molecule has 1 unspecified atom stereocenters. The first-order valence-electron chi connectivity index (χ1n) is 5.36. The summed E-state index contributed by atoms with van der Waals surface area (Å²) < 4.78 is 5.62. The van der Waals surface area contributed by atoms with Crippen molar-refractivity contribution < 1.29 is 4.74 Å². The lowest BCUT2D eigenvalue weighted by molar-refractivity contribution is -0.0856. The lowest BCUT2D eigenvalue weighted by Crippen LogP contribution is -2.46. The Morgan fingerprint density at radius 3 is 2.23 bits per heavy atom. The normalized spacial score (nSPS) is 22.8. The Hall–Kier alpha value is -0.0800. The molecule has 0 amide bonds. The topological polar surface area (TPSA) is 21.3 Å². The SMILES string of the molecule is CNC(CC1(OC)CCC1)C(C)C. The van der Waals surface area contributed by atoms with E-state index in [1.54, 1.807) is 0 Å². The molecule has 0 aliphatic heterocycles. The van der Waals surface area contributed by atoms with E-state index >= 15 is 0 Å². The highest BCUT2D eigenvalue weighted by molar-refractivity contribution is 4.93. The molecule has 1 N–H and O–H groups in total. The number of nitrogens with one attached hydrogen (secondary N) is 1. The summed E-state index contributed by atoms with van der Waals surface area (Å²) in [5, 5.41) is 3.38. The number of hydrogen-bond donors (Lipinski definition) is 1. The molecule has 1 aliphatic carbocycles. The third-order valence-corrected chi connectivity index (χ3v) is 3.47. The van der Waals surface area contributed by atoms with Crippen LogP contribution >= 0.6 is 0 Å². The Balaban J connectivity index is 2.44. The summed E-state index contributed by atoms with van der Waals surface area (Å²) in [5.74, 6) is 0.692. The Labute approximate surface area is 82.0 Å². The molecule has 2 nitrogen and oxygen atoms in total. The van der Waals surface area contributed by atoms with Crippen molar-refractivity contribution in [2.24, 2.45) is 5.92 Å². The maximum absolute atomic E-state index is 5.62. The summed E-state index contributed by atoms with van der Waals surface area (Å²) in [5.41, 5.74) is 0.206. The van der Waals surface area contributed by atoms with Crippen LogP contribution in [0.4, 0.5) is 0 Å². The quantitative estimate of drug-likeness (QED) is 0.709. The van der Waals surface area contributed by atoms with Crippen LogP contribution in [0.5, 0.6) is 0 Å². The molecule has 0 heterocycles. The van der Waals surface area contributed by atoms with Crippen molar-refractivity contribution in [2.45, 2.75) is 51.2 Å². The van der Waals surface area contributed by atoms with Gasteiger partial charge in [-0.3, -0.25) is 0 Å². The lowest BCUT2D eigenvalue weighted by atomic mass is 9.74. The van der Waals surface area contributed by atoms with Crippen molar-refractivity contribution in [3.8, 4) is 0 Å². The van der Waals surface area contributed by atoms with Crippen LogP contribution < -0.4 is 5.32 Å². The smallest absolute Gasteiger partial charge is 0.0693 e. The number of rotatable bonds is 5. The van der Waals surface area contributed by atoms with Gasteiger partial charge >= 0.3 is 0 Å². The van der Waals surface area contributed by atoms with Gasteiger partial charge in [0.25, 0.3) is 0 Å². The predicted molar refractivity (Wildman–Crippen MR) is 55.9 cm³/mol. The second-order valence-electron chi connectivity index (χ2n) is 4.58. The first-order valence-corrected chi connectivity index (χ1v) is 5.36. The van der Waals surface area contributed by atoms with Crippen LogP contribution in [0.1, 0.15) is 39.5 Å². The van der Waals surface area contributed by atoms with E-state index in [0.717, 1.165) is 6.42 Å². The van der Waals surface area contributed by atoms with Gasteiger partial charge in [-0.05, 0) is 38.6 Å². The lowest BCUT2D eigenvalue weighted by Gasteiger charge is -2.43. The van der Waals surface area contributed by atoms with Gasteiger partial charge < -0.3 is 10.1 Å². The minimum Gasteiger partial charge on any atom is -0.378 e. The van der Waals surface area contributed by atoms with Gasteiger partial charge in [0, 0.05) is 13.2 Å². The number of methoxy groups -OCH3 is 1. The minimum atomic E-state index is 0.206. The van der Waals surface area contributed by atoms with Crippen molar-refractivity contribution in [1.82, 2.24) is 5.32 Å². The van der Waals surface area contributed by atoms with E-state index in [1.807, 2.05) is 14.2 Å². The molecule has 1 fully saturated rings. The molecule has 13 heavy (non-hydrogen) atoms. The van der Waals surface area contributed by atoms with Crippen molar-refractivity contribution in [1.29, 1.82) is 0 Å². The monoisotopic (exact) mass is 185 g/mol. The standard InChI is InChI=1S/C11H23NO/c1-9(2)10(12-3)8-11(13-4)6-5-7-11/h9-10,12H,5-8H2,1-4H3. The average Bonchev–Trinajstić information content (AvgIpc) is 2.03. The van der Waals surface area contributed by atoms with Gasteiger partial charge in [0.05, 0.1) is 5.60 Å². The first-order chi connectivity index (χ1) is 6.13. The maximum atomic E-state index is 5.62. The van der Waals surface area contributed by atoms with E-state index in [2.05, 4.69) is 19.2 Å². The molecule has 1 rings (SSSR count). The molecule has 1 saturated carbocycles. The molecular weight excluding hydrogens is 162 g/mol. The zero-order valence-electron chi connectivity index (χ0n) is 9.39. The third-order valence-electron chi connectivity index (χ3n) is 3.47. The molecule has 0 spiro atoms. The van der Waals surface area contributed by atoms with Crippen LogP contribution in [0.25, 0.3) is 0 Å². The van der Waals surface area contributed by atoms with Gasteiger partial charge in [0.15, 0.2) is 0 Å². The molecular formula is C11H23NO. The first kappa shape index (κ1) is 11.0. The van der Waals surface area contributed by atoms with Gasteiger partial charge in [-0.15, -0.1) is 0 Å². The molecule has 1 atom stereocenters. The Morgan fingerprint density at radius 2 is 2.00 bits per heavy atom. The predicted octanol–water partition coefficient (Wildman–Crippen LogP) is 2.19. The Morgan fingerprint density at radius 1 is 1.38 bits per heavy atom. The zero-order chi connectivity index (χ0) is 9.90. The van der Waals surface area contributed by atoms with Crippen LogP contribution in [-0.4, -0.2) is 25.8 Å². The molecule has 1 aliphatic rings. The highest BCUT2D eigenvalue weighted by atomic mass is 16.5. The van der Waals surface area contributed by atoms with Gasteiger partial charge in [-0.1, -0.05) is 13.8 Å². The van der Waals surface area contributed by atoms with Crippen molar-refractivity contribution >= 4 is 0 Å². The van der Waals surface area contributed by atoms with E-state index in [9.17, 15) is 0 Å². The van der Waals surface area contributed by atoms with Crippen LogP contribution in [0, 0.1) is 5.92 Å². The van der Waals surface area contributed by atoms with Crippen LogP contribution in [0.2, 0.25) is 0 Å². The summed E-state index contributed by atoms with van der Waals surface area (Å²) in [6, 6.07) is 0.597. The third kappa shape index (κ3) is 2.44. The van der Waals surface area contributed by atoms with E-state index in [4.69, 9.17) is 4.74 Å². The molecule has 0 radical (unpaired) electrons. The molecule has 78 valence electrons. The van der Waals surface area contributed by atoms with Gasteiger partial charge in [0.2, 0.25) is 0 Å². The highest BCUT2D eigenvalue weighted by Gasteiger charge is 2.39. The summed E-state index contributed by atoms with van der Waals surface area (Å²) in [6.45, 7) is 4.53. The summed E-state index contributed by atoms with van der Waals surface area (Å²) in [6.07, 6.45) is 4.99. The van der Waals surface area contributed by atoms with Crippen LogP contribution in [0.3, 0.4) is 0 Å². The van der Waals surface area contributed by atoms with Crippen molar-refractivity contribution in [3.05, 3.63) is 0 Å². The van der Waals surface area contributed by atoms with Gasteiger partial charge in [-0.2, -0.15) is 0 Å². The molecule has 0 aromatic rings. The number of ether oxygens (including phenoxy) is 1. The van der Waals surface area contributed by atoms with Crippen molar-refractivity contribution in [3.63, 3.8) is 0 Å². The maximum Gasteiger partial charge on any atom is 0.0693 e.